The number of nitrogens with one attached hydrogen (secondary N) is 1. The molecule has 7 heteroatoms. The highest BCUT2D eigenvalue weighted by Crippen LogP contribution is 2.27. The van der Waals surface area contributed by atoms with Crippen molar-refractivity contribution in [3.05, 3.63) is 63.9 Å². The number of halogens is 3. The van der Waals surface area contributed by atoms with Crippen molar-refractivity contribution in [3.8, 4) is 5.75 Å². The molecule has 0 aliphatic heterocycles. The molecule has 0 spiro atoms. The Kier molecular flexibility index (Phi) is 5.75. The summed E-state index contributed by atoms with van der Waals surface area (Å²) in [6.07, 6.45) is 1.33. The van der Waals surface area contributed by atoms with E-state index in [1.54, 1.807) is 24.3 Å². The lowest BCUT2D eigenvalue weighted by Crippen LogP contribution is -2.24. The number of hydrogen-bond donors (Lipinski definition) is 1. The molecule has 22 heavy (non-hydrogen) atoms. The number of carbonyl (C=O) groups excluding carboxylic acids is 1. The minimum atomic E-state index is -0.473. The second kappa shape index (κ2) is 7.77. The van der Waals surface area contributed by atoms with Crippen molar-refractivity contribution >= 4 is 35.3 Å². The Balaban J connectivity index is 1.83. The zero-order valence-corrected chi connectivity index (χ0v) is 12.7. The first-order valence-electron chi connectivity index (χ1n) is 6.20. The van der Waals surface area contributed by atoms with Crippen LogP contribution in [-0.4, -0.2) is 18.7 Å². The van der Waals surface area contributed by atoms with E-state index in [9.17, 15) is 9.18 Å². The molecule has 1 amide bonds. The molecule has 0 bridgehead atoms. The van der Waals surface area contributed by atoms with E-state index in [2.05, 4.69) is 10.5 Å². The lowest BCUT2D eigenvalue weighted by Gasteiger charge is -2.06. The SMILES string of the molecule is O=C(COc1ccc(Cl)cc1Cl)N/N=C\c1cccc(F)c1. The minimum absolute atomic E-state index is 0.262. The molecule has 0 fully saturated rings. The van der Waals surface area contributed by atoms with Crippen LogP contribution in [0.25, 0.3) is 0 Å². The minimum Gasteiger partial charge on any atom is -0.482 e. The van der Waals surface area contributed by atoms with Crippen LogP contribution in [0.1, 0.15) is 5.56 Å². The van der Waals surface area contributed by atoms with Crippen molar-refractivity contribution in [1.29, 1.82) is 0 Å². The molecular formula is C15H11Cl2FN2O2. The van der Waals surface area contributed by atoms with Crippen LogP contribution in [0.3, 0.4) is 0 Å². The van der Waals surface area contributed by atoms with E-state index < -0.39 is 5.91 Å². The van der Waals surface area contributed by atoms with Gasteiger partial charge in [-0.3, -0.25) is 4.79 Å². The molecule has 0 radical (unpaired) electrons. The highest BCUT2D eigenvalue weighted by atomic mass is 35.5. The zero-order chi connectivity index (χ0) is 15.9. The van der Waals surface area contributed by atoms with Crippen LogP contribution < -0.4 is 10.2 Å². The Morgan fingerprint density at radius 3 is 2.82 bits per heavy atom. The number of amides is 1. The average molecular weight is 341 g/mol. The van der Waals surface area contributed by atoms with Gasteiger partial charge >= 0.3 is 0 Å². The fraction of sp³-hybridized carbons (Fsp3) is 0.0667. The Morgan fingerprint density at radius 2 is 2.09 bits per heavy atom. The van der Waals surface area contributed by atoms with Crippen molar-refractivity contribution in [2.75, 3.05) is 6.61 Å². The Hall–Kier alpha value is -2.11. The van der Waals surface area contributed by atoms with E-state index in [1.807, 2.05) is 0 Å². The first-order valence-corrected chi connectivity index (χ1v) is 6.95. The van der Waals surface area contributed by atoms with Gasteiger partial charge in [-0.25, -0.2) is 9.82 Å². The lowest BCUT2D eigenvalue weighted by atomic mass is 10.2. The number of hydrazone groups is 1. The van der Waals surface area contributed by atoms with Crippen LogP contribution in [0.15, 0.2) is 47.6 Å². The van der Waals surface area contributed by atoms with E-state index in [4.69, 9.17) is 27.9 Å². The number of rotatable bonds is 5. The van der Waals surface area contributed by atoms with Crippen molar-refractivity contribution in [3.63, 3.8) is 0 Å². The largest absolute Gasteiger partial charge is 0.482 e. The Bertz CT molecular complexity index is 708. The highest BCUT2D eigenvalue weighted by Gasteiger charge is 2.05. The van der Waals surface area contributed by atoms with Crippen LogP contribution in [0.2, 0.25) is 10.0 Å². The molecule has 0 aliphatic carbocycles. The van der Waals surface area contributed by atoms with Gasteiger partial charge in [-0.05, 0) is 35.9 Å². The molecule has 0 heterocycles. The fourth-order valence-corrected chi connectivity index (χ4v) is 2.00. The molecule has 4 nitrogen and oxygen atoms in total. The van der Waals surface area contributed by atoms with Crippen LogP contribution in [-0.2, 0) is 4.79 Å². The van der Waals surface area contributed by atoms with Crippen LogP contribution in [0.4, 0.5) is 4.39 Å². The van der Waals surface area contributed by atoms with Crippen molar-refractivity contribution in [2.24, 2.45) is 5.10 Å². The Morgan fingerprint density at radius 1 is 1.27 bits per heavy atom. The van der Waals surface area contributed by atoms with Gasteiger partial charge in [0.25, 0.3) is 5.91 Å². The fourth-order valence-electron chi connectivity index (χ4n) is 1.53. The molecule has 0 unspecified atom stereocenters. The number of carbonyl (C=O) groups is 1. The highest BCUT2D eigenvalue weighted by molar-refractivity contribution is 6.35. The van der Waals surface area contributed by atoms with E-state index >= 15 is 0 Å². The van der Waals surface area contributed by atoms with Crippen molar-refractivity contribution < 1.29 is 13.9 Å². The van der Waals surface area contributed by atoms with E-state index in [0.29, 0.717) is 21.4 Å². The molecule has 1 N–H and O–H groups in total. The molecule has 0 atom stereocenters. The van der Waals surface area contributed by atoms with Crippen LogP contribution >= 0.6 is 23.2 Å². The first kappa shape index (κ1) is 16.3. The van der Waals surface area contributed by atoms with Gasteiger partial charge in [-0.2, -0.15) is 5.10 Å². The van der Waals surface area contributed by atoms with E-state index in [0.717, 1.165) is 0 Å². The summed E-state index contributed by atoms with van der Waals surface area (Å²) in [5.41, 5.74) is 2.80. The number of nitrogens with zero attached hydrogens (tertiary/aromatic N) is 1. The summed E-state index contributed by atoms with van der Waals surface area (Å²) < 4.78 is 18.2. The van der Waals surface area contributed by atoms with Gasteiger partial charge in [0.1, 0.15) is 11.6 Å². The van der Waals surface area contributed by atoms with Gasteiger partial charge < -0.3 is 4.74 Å². The van der Waals surface area contributed by atoms with Crippen molar-refractivity contribution in [1.82, 2.24) is 5.43 Å². The lowest BCUT2D eigenvalue weighted by molar-refractivity contribution is -0.123. The third-order valence-corrected chi connectivity index (χ3v) is 3.03. The molecular weight excluding hydrogens is 330 g/mol. The molecule has 2 aromatic rings. The van der Waals surface area contributed by atoms with Gasteiger partial charge in [0.15, 0.2) is 6.61 Å². The third-order valence-electron chi connectivity index (χ3n) is 2.50. The summed E-state index contributed by atoms with van der Waals surface area (Å²) in [5.74, 6) is -0.509. The average Bonchev–Trinajstić information content (AvgIpc) is 2.46. The molecule has 114 valence electrons. The Labute approximate surface area is 136 Å². The zero-order valence-electron chi connectivity index (χ0n) is 11.2. The predicted molar refractivity (Wildman–Crippen MR) is 84.1 cm³/mol. The summed E-state index contributed by atoms with van der Waals surface area (Å²) in [6, 6.07) is 10.5. The van der Waals surface area contributed by atoms with E-state index in [-0.39, 0.29) is 12.4 Å². The predicted octanol–water partition coefficient (Wildman–Crippen LogP) is 3.66. The van der Waals surface area contributed by atoms with Gasteiger partial charge in [0, 0.05) is 5.02 Å². The van der Waals surface area contributed by atoms with Crippen LogP contribution in [0, 0.1) is 5.82 Å². The maximum atomic E-state index is 12.9. The first-order chi connectivity index (χ1) is 10.5. The number of ether oxygens (including phenoxy) is 1. The maximum absolute atomic E-state index is 12.9. The topological polar surface area (TPSA) is 50.7 Å². The van der Waals surface area contributed by atoms with Gasteiger partial charge in [-0.15, -0.1) is 0 Å². The van der Waals surface area contributed by atoms with Gasteiger partial charge in [-0.1, -0.05) is 35.3 Å². The number of benzene rings is 2. The third kappa shape index (κ3) is 5.02. The second-order valence-electron chi connectivity index (χ2n) is 4.21. The van der Waals surface area contributed by atoms with Crippen LogP contribution in [0.5, 0.6) is 5.75 Å². The van der Waals surface area contributed by atoms with E-state index in [1.165, 1.54) is 24.4 Å². The summed E-state index contributed by atoms with van der Waals surface area (Å²) in [7, 11) is 0. The molecule has 0 saturated heterocycles. The summed E-state index contributed by atoms with van der Waals surface area (Å²) in [4.78, 5) is 11.6. The normalized spacial score (nSPS) is 10.7. The monoisotopic (exact) mass is 340 g/mol. The summed E-state index contributed by atoms with van der Waals surface area (Å²) in [5, 5.41) is 4.49. The molecule has 2 rings (SSSR count). The standard InChI is InChI=1S/C15H11Cl2FN2O2/c16-11-4-5-14(13(17)7-11)22-9-15(21)20-19-8-10-2-1-3-12(18)6-10/h1-8H,9H2,(H,20,21)/b19-8-. The second-order valence-corrected chi connectivity index (χ2v) is 5.06. The molecule has 0 saturated carbocycles. The summed E-state index contributed by atoms with van der Waals surface area (Å²) >= 11 is 11.7. The maximum Gasteiger partial charge on any atom is 0.277 e. The van der Waals surface area contributed by atoms with Gasteiger partial charge in [0.2, 0.25) is 0 Å². The number of hydrogen-bond acceptors (Lipinski definition) is 3. The summed E-state index contributed by atoms with van der Waals surface area (Å²) in [6.45, 7) is -0.262. The van der Waals surface area contributed by atoms with Gasteiger partial charge in [0.05, 0.1) is 11.2 Å². The smallest absolute Gasteiger partial charge is 0.277 e. The molecule has 0 aliphatic rings. The molecule has 0 aromatic heterocycles. The van der Waals surface area contributed by atoms with Crippen molar-refractivity contribution in [2.45, 2.75) is 0 Å². The molecule has 2 aromatic carbocycles. The quantitative estimate of drug-likeness (QED) is 0.667.